The SMILES string of the molecule is Cc1cc(C)cc(Nc2cc(C)nc(NCCc3ccc(F)cc3)n2)c1. The third kappa shape index (κ3) is 5.02. The first-order chi connectivity index (χ1) is 12.5. The van der Waals surface area contributed by atoms with E-state index >= 15 is 0 Å². The Bertz CT molecular complexity index is 871. The lowest BCUT2D eigenvalue weighted by atomic mass is 10.1. The van der Waals surface area contributed by atoms with Crippen LogP contribution in [0.3, 0.4) is 0 Å². The summed E-state index contributed by atoms with van der Waals surface area (Å²) in [5.41, 5.74) is 5.38. The molecular formula is C21H23FN4. The molecule has 0 radical (unpaired) electrons. The minimum atomic E-state index is -0.217. The van der Waals surface area contributed by atoms with E-state index in [1.165, 1.54) is 23.3 Å². The number of aryl methyl sites for hydroxylation is 3. The second-order valence-electron chi connectivity index (χ2n) is 6.52. The normalized spacial score (nSPS) is 10.6. The molecule has 0 saturated heterocycles. The summed E-state index contributed by atoms with van der Waals surface area (Å²) in [5, 5.41) is 6.59. The highest BCUT2D eigenvalue weighted by Gasteiger charge is 2.04. The highest BCUT2D eigenvalue weighted by Crippen LogP contribution is 2.19. The lowest BCUT2D eigenvalue weighted by molar-refractivity contribution is 0.627. The van der Waals surface area contributed by atoms with Crippen molar-refractivity contribution in [2.24, 2.45) is 0 Å². The average Bonchev–Trinajstić information content (AvgIpc) is 2.55. The molecular weight excluding hydrogens is 327 g/mol. The summed E-state index contributed by atoms with van der Waals surface area (Å²) in [5.74, 6) is 1.12. The van der Waals surface area contributed by atoms with Crippen molar-refractivity contribution >= 4 is 17.5 Å². The Kier molecular flexibility index (Phi) is 5.46. The molecule has 0 spiro atoms. The summed E-state index contributed by atoms with van der Waals surface area (Å²) in [6, 6.07) is 14.8. The van der Waals surface area contributed by atoms with E-state index in [-0.39, 0.29) is 5.82 Å². The van der Waals surface area contributed by atoms with Gasteiger partial charge in [0.2, 0.25) is 5.95 Å². The Morgan fingerprint density at radius 2 is 1.58 bits per heavy atom. The first-order valence-electron chi connectivity index (χ1n) is 8.67. The maximum atomic E-state index is 12.9. The predicted molar refractivity (Wildman–Crippen MR) is 105 cm³/mol. The zero-order chi connectivity index (χ0) is 18.5. The minimum Gasteiger partial charge on any atom is -0.354 e. The Hall–Kier alpha value is -2.95. The molecule has 0 amide bonds. The van der Waals surface area contributed by atoms with Gasteiger partial charge in [0, 0.05) is 24.0 Å². The average molecular weight is 350 g/mol. The molecule has 1 aromatic heterocycles. The van der Waals surface area contributed by atoms with Crippen LogP contribution < -0.4 is 10.6 Å². The molecule has 4 nitrogen and oxygen atoms in total. The minimum absolute atomic E-state index is 0.217. The summed E-state index contributed by atoms with van der Waals surface area (Å²) < 4.78 is 12.9. The second-order valence-corrected chi connectivity index (χ2v) is 6.52. The van der Waals surface area contributed by atoms with Crippen LogP contribution in [-0.4, -0.2) is 16.5 Å². The molecule has 0 aliphatic carbocycles. The topological polar surface area (TPSA) is 49.8 Å². The van der Waals surface area contributed by atoms with Gasteiger partial charge in [-0.3, -0.25) is 0 Å². The quantitative estimate of drug-likeness (QED) is 0.661. The van der Waals surface area contributed by atoms with Gasteiger partial charge >= 0.3 is 0 Å². The van der Waals surface area contributed by atoms with E-state index in [0.29, 0.717) is 12.5 Å². The molecule has 3 rings (SSSR count). The molecule has 5 heteroatoms. The van der Waals surface area contributed by atoms with Crippen LogP contribution >= 0.6 is 0 Å². The molecule has 3 aromatic rings. The summed E-state index contributed by atoms with van der Waals surface area (Å²) in [4.78, 5) is 8.97. The van der Waals surface area contributed by atoms with E-state index in [1.807, 2.05) is 13.0 Å². The Labute approximate surface area is 153 Å². The van der Waals surface area contributed by atoms with E-state index < -0.39 is 0 Å². The number of halogens is 1. The van der Waals surface area contributed by atoms with E-state index in [2.05, 4.69) is 52.6 Å². The van der Waals surface area contributed by atoms with Gasteiger partial charge in [-0.2, -0.15) is 4.98 Å². The lowest BCUT2D eigenvalue weighted by Crippen LogP contribution is -2.09. The Morgan fingerprint density at radius 1 is 0.885 bits per heavy atom. The van der Waals surface area contributed by atoms with Crippen molar-refractivity contribution in [3.05, 3.63) is 76.7 Å². The van der Waals surface area contributed by atoms with E-state index in [0.717, 1.165) is 29.2 Å². The van der Waals surface area contributed by atoms with Crippen LogP contribution in [0.5, 0.6) is 0 Å². The van der Waals surface area contributed by atoms with Crippen molar-refractivity contribution in [2.75, 3.05) is 17.2 Å². The largest absolute Gasteiger partial charge is 0.354 e. The summed E-state index contributed by atoms with van der Waals surface area (Å²) in [7, 11) is 0. The van der Waals surface area contributed by atoms with Gasteiger partial charge in [0.1, 0.15) is 11.6 Å². The van der Waals surface area contributed by atoms with Gasteiger partial charge in [-0.25, -0.2) is 9.37 Å². The van der Waals surface area contributed by atoms with Gasteiger partial charge in [-0.05, 0) is 68.1 Å². The third-order valence-corrected chi connectivity index (χ3v) is 3.96. The molecule has 1 heterocycles. The number of nitrogens with one attached hydrogen (secondary N) is 2. The van der Waals surface area contributed by atoms with Gasteiger partial charge < -0.3 is 10.6 Å². The van der Waals surface area contributed by atoms with Crippen molar-refractivity contribution in [1.29, 1.82) is 0 Å². The van der Waals surface area contributed by atoms with Gasteiger partial charge in [0.05, 0.1) is 0 Å². The summed E-state index contributed by atoms with van der Waals surface area (Å²) in [6.45, 7) is 6.77. The van der Waals surface area contributed by atoms with E-state index in [4.69, 9.17) is 0 Å². The van der Waals surface area contributed by atoms with Crippen LogP contribution in [0.4, 0.5) is 21.8 Å². The maximum absolute atomic E-state index is 12.9. The van der Waals surface area contributed by atoms with Crippen LogP contribution in [0, 0.1) is 26.6 Å². The molecule has 2 aromatic carbocycles. The van der Waals surface area contributed by atoms with Crippen LogP contribution in [0.15, 0.2) is 48.5 Å². The second kappa shape index (κ2) is 7.95. The molecule has 26 heavy (non-hydrogen) atoms. The van der Waals surface area contributed by atoms with Crippen LogP contribution in [0.2, 0.25) is 0 Å². The lowest BCUT2D eigenvalue weighted by Gasteiger charge is -2.11. The monoisotopic (exact) mass is 350 g/mol. The van der Waals surface area contributed by atoms with Gasteiger partial charge in [0.25, 0.3) is 0 Å². The molecule has 2 N–H and O–H groups in total. The van der Waals surface area contributed by atoms with Gasteiger partial charge in [-0.15, -0.1) is 0 Å². The van der Waals surface area contributed by atoms with Crippen molar-refractivity contribution in [3.63, 3.8) is 0 Å². The van der Waals surface area contributed by atoms with Crippen LogP contribution in [0.1, 0.15) is 22.4 Å². The molecule has 0 aliphatic heterocycles. The fraction of sp³-hybridized carbons (Fsp3) is 0.238. The van der Waals surface area contributed by atoms with Crippen LogP contribution in [-0.2, 0) is 6.42 Å². The molecule has 0 atom stereocenters. The molecule has 134 valence electrons. The maximum Gasteiger partial charge on any atom is 0.224 e. The summed E-state index contributed by atoms with van der Waals surface area (Å²) >= 11 is 0. The Balaban J connectivity index is 1.66. The highest BCUT2D eigenvalue weighted by molar-refractivity contribution is 5.59. The number of benzene rings is 2. The molecule has 0 bridgehead atoms. The van der Waals surface area contributed by atoms with E-state index in [9.17, 15) is 4.39 Å². The first-order valence-corrected chi connectivity index (χ1v) is 8.67. The number of hydrogen-bond acceptors (Lipinski definition) is 4. The van der Waals surface area contributed by atoms with Crippen molar-refractivity contribution in [2.45, 2.75) is 27.2 Å². The van der Waals surface area contributed by atoms with Crippen molar-refractivity contribution in [1.82, 2.24) is 9.97 Å². The van der Waals surface area contributed by atoms with Gasteiger partial charge in [0.15, 0.2) is 0 Å². The smallest absolute Gasteiger partial charge is 0.224 e. The highest BCUT2D eigenvalue weighted by atomic mass is 19.1. The molecule has 0 saturated carbocycles. The van der Waals surface area contributed by atoms with Crippen molar-refractivity contribution in [3.8, 4) is 0 Å². The molecule has 0 unspecified atom stereocenters. The van der Waals surface area contributed by atoms with E-state index in [1.54, 1.807) is 12.1 Å². The first kappa shape index (κ1) is 17.9. The number of nitrogens with zero attached hydrogens (tertiary/aromatic N) is 2. The number of aromatic nitrogens is 2. The predicted octanol–water partition coefficient (Wildman–Crippen LogP) is 4.94. The zero-order valence-electron chi connectivity index (χ0n) is 15.3. The molecule has 0 aliphatic rings. The fourth-order valence-electron chi connectivity index (χ4n) is 2.88. The van der Waals surface area contributed by atoms with Crippen LogP contribution in [0.25, 0.3) is 0 Å². The van der Waals surface area contributed by atoms with Gasteiger partial charge in [-0.1, -0.05) is 18.2 Å². The summed E-state index contributed by atoms with van der Waals surface area (Å²) in [6.07, 6.45) is 0.775. The number of anilines is 3. The Morgan fingerprint density at radius 3 is 2.27 bits per heavy atom. The molecule has 0 fully saturated rings. The van der Waals surface area contributed by atoms with Crippen molar-refractivity contribution < 1.29 is 4.39 Å². The third-order valence-electron chi connectivity index (χ3n) is 3.96. The number of rotatable bonds is 6. The number of hydrogen-bond donors (Lipinski definition) is 2. The zero-order valence-corrected chi connectivity index (χ0v) is 15.3. The fourth-order valence-corrected chi connectivity index (χ4v) is 2.88. The standard InChI is InChI=1S/C21H23FN4/c1-14-10-15(2)12-19(11-14)25-20-13-16(3)24-21(26-20)23-9-8-17-4-6-18(22)7-5-17/h4-7,10-13H,8-9H2,1-3H3,(H2,23,24,25,26).